The van der Waals surface area contributed by atoms with E-state index in [-0.39, 0.29) is 18.5 Å². The first-order chi connectivity index (χ1) is 13.8. The number of tetrazole rings is 1. The van der Waals surface area contributed by atoms with E-state index < -0.39 is 0 Å². The van der Waals surface area contributed by atoms with E-state index in [0.29, 0.717) is 12.5 Å². The van der Waals surface area contributed by atoms with Gasteiger partial charge in [-0.3, -0.25) is 9.69 Å². The topological polar surface area (TPSA) is 75.9 Å². The zero-order valence-corrected chi connectivity index (χ0v) is 15.3. The Hall–Kier alpha value is -3.74. The summed E-state index contributed by atoms with van der Waals surface area (Å²) >= 11 is 0. The summed E-state index contributed by atoms with van der Waals surface area (Å²) in [6.07, 6.45) is 3.74. The lowest BCUT2D eigenvalue weighted by molar-refractivity contribution is -0.119. The van der Waals surface area contributed by atoms with Crippen LogP contribution in [-0.4, -0.2) is 39.2 Å². The van der Waals surface area contributed by atoms with Gasteiger partial charge in [0.2, 0.25) is 5.91 Å². The van der Waals surface area contributed by atoms with E-state index >= 15 is 0 Å². The number of allylic oxidation sites excluding steroid dienone is 1. The molecule has 1 N–H and O–H groups in total. The fourth-order valence-corrected chi connectivity index (χ4v) is 3.25. The Morgan fingerprint density at radius 1 is 1.11 bits per heavy atom. The maximum absolute atomic E-state index is 12.4. The highest BCUT2D eigenvalue weighted by Crippen LogP contribution is 2.35. The van der Waals surface area contributed by atoms with Gasteiger partial charge in [0.05, 0.1) is 5.70 Å². The highest BCUT2D eigenvalue weighted by atomic mass is 16.2. The minimum atomic E-state index is -0.158. The summed E-state index contributed by atoms with van der Waals surface area (Å²) in [4.78, 5) is 14.3. The van der Waals surface area contributed by atoms with E-state index in [1.54, 1.807) is 10.8 Å². The third-order valence-electron chi connectivity index (χ3n) is 4.54. The molecule has 0 unspecified atom stereocenters. The third kappa shape index (κ3) is 3.42. The Balaban J connectivity index is 1.78. The third-order valence-corrected chi connectivity index (χ3v) is 4.54. The van der Waals surface area contributed by atoms with E-state index in [0.717, 1.165) is 16.8 Å². The molecule has 0 fully saturated rings. The van der Waals surface area contributed by atoms with Gasteiger partial charge in [0.25, 0.3) is 5.95 Å². The number of benzene rings is 2. The molecule has 2 heterocycles. The van der Waals surface area contributed by atoms with Crippen molar-refractivity contribution in [1.29, 1.82) is 0 Å². The van der Waals surface area contributed by atoms with Gasteiger partial charge >= 0.3 is 0 Å². The maximum Gasteiger partial charge on any atom is 0.251 e. The first kappa shape index (κ1) is 17.7. The standard InChI is InChI=1S/C21H20N6O/c1-2-13-22-20(28)15-26-18(16-9-5-3-6-10-16)14-19(17-11-7-4-8-12-17)27-21(26)23-24-25-27/h2-12,14,19H,1,13,15H2,(H,22,28)/t19-/m0/s1. The van der Waals surface area contributed by atoms with Crippen LogP contribution >= 0.6 is 0 Å². The fraction of sp³-hybridized carbons (Fsp3) is 0.143. The molecular weight excluding hydrogens is 352 g/mol. The van der Waals surface area contributed by atoms with E-state index in [1.807, 2.05) is 65.6 Å². The molecule has 1 aromatic heterocycles. The fourth-order valence-electron chi connectivity index (χ4n) is 3.25. The second kappa shape index (κ2) is 7.87. The van der Waals surface area contributed by atoms with Gasteiger partial charge in [-0.1, -0.05) is 71.8 Å². The van der Waals surface area contributed by atoms with Crippen LogP contribution in [0.3, 0.4) is 0 Å². The second-order valence-electron chi connectivity index (χ2n) is 6.38. The van der Waals surface area contributed by atoms with Crippen LogP contribution in [0.25, 0.3) is 5.70 Å². The highest BCUT2D eigenvalue weighted by Gasteiger charge is 2.31. The van der Waals surface area contributed by atoms with Gasteiger partial charge in [-0.25, -0.2) is 0 Å². The van der Waals surface area contributed by atoms with Crippen molar-refractivity contribution in [2.45, 2.75) is 6.04 Å². The van der Waals surface area contributed by atoms with Gasteiger partial charge in [0, 0.05) is 6.54 Å². The van der Waals surface area contributed by atoms with Gasteiger partial charge in [0.15, 0.2) is 0 Å². The molecule has 1 atom stereocenters. The van der Waals surface area contributed by atoms with Crippen molar-refractivity contribution >= 4 is 17.6 Å². The number of nitrogens with one attached hydrogen (secondary N) is 1. The molecule has 7 heteroatoms. The molecule has 0 bridgehead atoms. The first-order valence-electron chi connectivity index (χ1n) is 9.03. The van der Waals surface area contributed by atoms with Crippen LogP contribution in [0, 0.1) is 0 Å². The predicted octanol–water partition coefficient (Wildman–Crippen LogP) is 2.43. The van der Waals surface area contributed by atoms with E-state index in [1.165, 1.54) is 0 Å². The Bertz CT molecular complexity index is 996. The molecule has 4 rings (SSSR count). The maximum atomic E-state index is 12.4. The quantitative estimate of drug-likeness (QED) is 0.673. The van der Waals surface area contributed by atoms with Crippen molar-refractivity contribution in [3.05, 3.63) is 90.5 Å². The van der Waals surface area contributed by atoms with Crippen LogP contribution < -0.4 is 10.2 Å². The Morgan fingerprint density at radius 2 is 1.82 bits per heavy atom. The average molecular weight is 372 g/mol. The Labute approximate surface area is 163 Å². The lowest BCUT2D eigenvalue weighted by atomic mass is 10.0. The van der Waals surface area contributed by atoms with Crippen molar-refractivity contribution in [1.82, 2.24) is 25.5 Å². The number of hydrogen-bond donors (Lipinski definition) is 1. The lowest BCUT2D eigenvalue weighted by Gasteiger charge is -2.32. The van der Waals surface area contributed by atoms with Crippen molar-refractivity contribution in [2.75, 3.05) is 18.0 Å². The van der Waals surface area contributed by atoms with E-state index in [2.05, 4.69) is 33.5 Å². The van der Waals surface area contributed by atoms with Crippen molar-refractivity contribution in [2.24, 2.45) is 0 Å². The number of aromatic nitrogens is 4. The summed E-state index contributed by atoms with van der Waals surface area (Å²) in [6, 6.07) is 19.8. The Morgan fingerprint density at radius 3 is 2.54 bits per heavy atom. The number of hydrogen-bond acceptors (Lipinski definition) is 5. The van der Waals surface area contributed by atoms with Crippen LogP contribution in [-0.2, 0) is 4.79 Å². The number of rotatable bonds is 6. The molecule has 2 aromatic carbocycles. The van der Waals surface area contributed by atoms with Crippen molar-refractivity contribution in [3.8, 4) is 0 Å². The summed E-state index contributed by atoms with van der Waals surface area (Å²) in [7, 11) is 0. The highest BCUT2D eigenvalue weighted by molar-refractivity contribution is 5.89. The van der Waals surface area contributed by atoms with Gasteiger partial charge in [-0.15, -0.1) is 6.58 Å². The number of carbonyl (C=O) groups excluding carboxylic acids is 1. The minimum Gasteiger partial charge on any atom is -0.351 e. The molecule has 0 aliphatic carbocycles. The normalized spacial score (nSPS) is 15.5. The number of nitrogens with zero attached hydrogens (tertiary/aromatic N) is 5. The van der Waals surface area contributed by atoms with E-state index in [4.69, 9.17) is 0 Å². The second-order valence-corrected chi connectivity index (χ2v) is 6.38. The van der Waals surface area contributed by atoms with E-state index in [9.17, 15) is 4.79 Å². The molecular formula is C21H20N6O. The molecule has 1 aliphatic rings. The van der Waals surface area contributed by atoms with Gasteiger partial charge in [0.1, 0.15) is 12.6 Å². The molecule has 0 spiro atoms. The minimum absolute atomic E-state index is 0.108. The molecule has 1 aliphatic heterocycles. The molecule has 0 saturated heterocycles. The van der Waals surface area contributed by atoms with Crippen molar-refractivity contribution in [3.63, 3.8) is 0 Å². The summed E-state index contributed by atoms with van der Waals surface area (Å²) in [5, 5.41) is 15.1. The number of carbonyl (C=O) groups is 1. The number of anilines is 1. The molecule has 7 nitrogen and oxygen atoms in total. The van der Waals surface area contributed by atoms with Crippen LogP contribution in [0.4, 0.5) is 5.95 Å². The van der Waals surface area contributed by atoms with Crippen molar-refractivity contribution < 1.29 is 4.79 Å². The van der Waals surface area contributed by atoms with Gasteiger partial charge in [-0.2, -0.15) is 4.68 Å². The molecule has 28 heavy (non-hydrogen) atoms. The summed E-state index contributed by atoms with van der Waals surface area (Å²) in [5.74, 6) is 0.401. The smallest absolute Gasteiger partial charge is 0.251 e. The number of amides is 1. The molecule has 1 amide bonds. The zero-order valence-electron chi connectivity index (χ0n) is 15.3. The summed E-state index contributed by atoms with van der Waals surface area (Å²) in [6.45, 7) is 4.16. The summed E-state index contributed by atoms with van der Waals surface area (Å²) < 4.78 is 1.74. The van der Waals surface area contributed by atoms with Crippen LogP contribution in [0.2, 0.25) is 0 Å². The molecule has 0 radical (unpaired) electrons. The van der Waals surface area contributed by atoms with Crippen LogP contribution in [0.5, 0.6) is 0 Å². The van der Waals surface area contributed by atoms with Gasteiger partial charge in [-0.05, 0) is 27.6 Å². The summed E-state index contributed by atoms with van der Waals surface area (Å²) in [5.41, 5.74) is 2.96. The SMILES string of the molecule is C=CCNC(=O)CN1C(c2ccccc2)=C[C@@H](c2ccccc2)n2nnnc21. The van der Waals surface area contributed by atoms with Crippen LogP contribution in [0.15, 0.2) is 79.4 Å². The molecule has 3 aromatic rings. The predicted molar refractivity (Wildman–Crippen MR) is 107 cm³/mol. The average Bonchev–Trinajstić information content (AvgIpc) is 3.24. The number of fused-ring (bicyclic) bond motifs is 1. The zero-order chi connectivity index (χ0) is 19.3. The molecule has 0 saturated carbocycles. The molecule has 140 valence electrons. The van der Waals surface area contributed by atoms with Gasteiger partial charge < -0.3 is 5.32 Å². The lowest BCUT2D eigenvalue weighted by Crippen LogP contribution is -2.40. The first-order valence-corrected chi connectivity index (χ1v) is 9.03. The Kier molecular flexibility index (Phi) is 4.97. The largest absolute Gasteiger partial charge is 0.351 e. The van der Waals surface area contributed by atoms with Crippen LogP contribution in [0.1, 0.15) is 17.2 Å². The monoisotopic (exact) mass is 372 g/mol.